The molecule has 3 heteroatoms. The van der Waals surface area contributed by atoms with E-state index in [0.717, 1.165) is 11.3 Å². The van der Waals surface area contributed by atoms with Crippen LogP contribution < -0.4 is 4.90 Å². The van der Waals surface area contributed by atoms with Crippen LogP contribution >= 0.6 is 11.6 Å². The van der Waals surface area contributed by atoms with Crippen molar-refractivity contribution in [2.75, 3.05) is 11.9 Å². The summed E-state index contributed by atoms with van der Waals surface area (Å²) >= 11 is 6.05. The first-order chi connectivity index (χ1) is 7.24. The molecule has 0 aliphatic heterocycles. The third-order valence-electron chi connectivity index (χ3n) is 3.25. The summed E-state index contributed by atoms with van der Waals surface area (Å²) in [6.45, 7) is 0.00602. The Kier molecular flexibility index (Phi) is 3.17. The maximum atomic E-state index is 9.31. The van der Waals surface area contributed by atoms with Crippen LogP contribution in [0.3, 0.4) is 0 Å². The van der Waals surface area contributed by atoms with Gasteiger partial charge in [-0.05, 0) is 31.4 Å². The lowest BCUT2D eigenvalue weighted by Gasteiger charge is -2.37. The smallest absolute Gasteiger partial charge is 0.0716 e. The van der Waals surface area contributed by atoms with E-state index in [4.69, 9.17) is 11.6 Å². The van der Waals surface area contributed by atoms with Crippen molar-refractivity contribution in [2.45, 2.75) is 31.9 Å². The summed E-state index contributed by atoms with van der Waals surface area (Å²) in [5.74, 6) is 0. The molecule has 82 valence electrons. The lowest BCUT2D eigenvalue weighted by atomic mass is 9.91. The van der Waals surface area contributed by atoms with Crippen molar-refractivity contribution in [3.8, 4) is 0 Å². The van der Waals surface area contributed by atoms with E-state index in [0.29, 0.717) is 11.1 Å². The minimum Gasteiger partial charge on any atom is -0.392 e. The predicted molar refractivity (Wildman–Crippen MR) is 63.4 cm³/mol. The molecule has 0 amide bonds. The molecule has 1 fully saturated rings. The topological polar surface area (TPSA) is 23.5 Å². The van der Waals surface area contributed by atoms with E-state index in [9.17, 15) is 5.11 Å². The van der Waals surface area contributed by atoms with Gasteiger partial charge in [-0.1, -0.05) is 17.7 Å². The van der Waals surface area contributed by atoms with E-state index in [-0.39, 0.29) is 6.61 Å². The van der Waals surface area contributed by atoms with Gasteiger partial charge in [0.2, 0.25) is 0 Å². The fourth-order valence-corrected chi connectivity index (χ4v) is 2.23. The number of hydrogen-bond donors (Lipinski definition) is 1. The van der Waals surface area contributed by atoms with Crippen LogP contribution in [-0.4, -0.2) is 18.2 Å². The van der Waals surface area contributed by atoms with Gasteiger partial charge in [0.15, 0.2) is 0 Å². The molecule has 2 rings (SSSR count). The Morgan fingerprint density at radius 1 is 1.47 bits per heavy atom. The molecule has 1 saturated carbocycles. The zero-order valence-electron chi connectivity index (χ0n) is 8.91. The lowest BCUT2D eigenvalue weighted by Crippen LogP contribution is -2.37. The Hall–Kier alpha value is -0.730. The fraction of sp³-hybridized carbons (Fsp3) is 0.500. The first-order valence-electron chi connectivity index (χ1n) is 5.35. The fourth-order valence-electron chi connectivity index (χ4n) is 2.00. The van der Waals surface area contributed by atoms with Gasteiger partial charge in [-0.2, -0.15) is 0 Å². The molecule has 0 heterocycles. The van der Waals surface area contributed by atoms with Crippen molar-refractivity contribution in [1.29, 1.82) is 0 Å². The predicted octanol–water partition coefficient (Wildman–Crippen LogP) is 2.82. The summed E-state index contributed by atoms with van der Waals surface area (Å²) in [4.78, 5) is 2.24. The molecule has 2 nitrogen and oxygen atoms in total. The Bertz CT molecular complexity index is 349. The van der Waals surface area contributed by atoms with Crippen LogP contribution in [0.15, 0.2) is 18.2 Å². The third-order valence-corrected chi connectivity index (χ3v) is 3.61. The molecule has 1 N–H and O–H groups in total. The molecule has 15 heavy (non-hydrogen) atoms. The number of anilines is 1. The second-order valence-corrected chi connectivity index (χ2v) is 4.50. The highest BCUT2D eigenvalue weighted by Crippen LogP contribution is 2.33. The van der Waals surface area contributed by atoms with Gasteiger partial charge in [0.05, 0.1) is 6.61 Å². The minimum absolute atomic E-state index is 0.00602. The maximum Gasteiger partial charge on any atom is 0.0716 e. The molecular weight excluding hydrogens is 210 g/mol. The van der Waals surface area contributed by atoms with E-state index < -0.39 is 0 Å². The number of rotatable bonds is 3. The molecule has 1 aromatic rings. The number of halogens is 1. The van der Waals surface area contributed by atoms with Crippen molar-refractivity contribution in [3.63, 3.8) is 0 Å². The van der Waals surface area contributed by atoms with Crippen molar-refractivity contribution < 1.29 is 5.11 Å². The Morgan fingerprint density at radius 3 is 2.73 bits per heavy atom. The van der Waals surface area contributed by atoms with Gasteiger partial charge in [0, 0.05) is 29.4 Å². The number of benzene rings is 1. The number of nitrogens with zero attached hydrogens (tertiary/aromatic N) is 1. The normalized spacial score (nSPS) is 16.2. The van der Waals surface area contributed by atoms with Crippen molar-refractivity contribution in [1.82, 2.24) is 0 Å². The monoisotopic (exact) mass is 225 g/mol. The second-order valence-electron chi connectivity index (χ2n) is 4.09. The summed E-state index contributed by atoms with van der Waals surface area (Å²) in [5, 5.41) is 9.96. The van der Waals surface area contributed by atoms with E-state index in [1.165, 1.54) is 19.3 Å². The van der Waals surface area contributed by atoms with Gasteiger partial charge < -0.3 is 10.0 Å². The summed E-state index contributed by atoms with van der Waals surface area (Å²) in [7, 11) is 2.08. The first kappa shape index (κ1) is 10.8. The minimum atomic E-state index is 0.00602. The van der Waals surface area contributed by atoms with E-state index in [2.05, 4.69) is 11.9 Å². The van der Waals surface area contributed by atoms with Crippen molar-refractivity contribution in [3.05, 3.63) is 28.8 Å². The van der Waals surface area contributed by atoms with Crippen LogP contribution in [0.5, 0.6) is 0 Å². The van der Waals surface area contributed by atoms with Crippen LogP contribution in [0.4, 0.5) is 5.69 Å². The highest BCUT2D eigenvalue weighted by Gasteiger charge is 2.23. The highest BCUT2D eigenvalue weighted by atomic mass is 35.5. The third kappa shape index (κ3) is 1.97. The van der Waals surface area contributed by atoms with Gasteiger partial charge >= 0.3 is 0 Å². The van der Waals surface area contributed by atoms with Crippen LogP contribution in [0.1, 0.15) is 24.8 Å². The van der Waals surface area contributed by atoms with E-state index >= 15 is 0 Å². The molecule has 1 aliphatic rings. The number of hydrogen-bond acceptors (Lipinski definition) is 2. The van der Waals surface area contributed by atoms with Crippen molar-refractivity contribution in [2.24, 2.45) is 0 Å². The Balaban J connectivity index is 2.29. The van der Waals surface area contributed by atoms with Crippen LogP contribution in [-0.2, 0) is 6.61 Å². The van der Waals surface area contributed by atoms with Gasteiger partial charge in [0.1, 0.15) is 0 Å². The molecule has 0 unspecified atom stereocenters. The molecule has 0 spiro atoms. The average Bonchev–Trinajstić information content (AvgIpc) is 2.14. The quantitative estimate of drug-likeness (QED) is 0.855. The summed E-state index contributed by atoms with van der Waals surface area (Å²) in [5.41, 5.74) is 1.91. The Labute approximate surface area is 95.5 Å². The summed E-state index contributed by atoms with van der Waals surface area (Å²) in [6, 6.07) is 6.40. The van der Waals surface area contributed by atoms with Gasteiger partial charge in [-0.15, -0.1) is 0 Å². The molecule has 1 aliphatic carbocycles. The van der Waals surface area contributed by atoms with E-state index in [1.807, 2.05) is 18.2 Å². The van der Waals surface area contributed by atoms with Crippen LogP contribution in [0.25, 0.3) is 0 Å². The van der Waals surface area contributed by atoms with Crippen LogP contribution in [0.2, 0.25) is 5.02 Å². The molecule has 0 aromatic heterocycles. The van der Waals surface area contributed by atoms with Gasteiger partial charge in [0.25, 0.3) is 0 Å². The second kappa shape index (κ2) is 4.42. The zero-order valence-corrected chi connectivity index (χ0v) is 9.67. The Morgan fingerprint density at radius 2 is 2.20 bits per heavy atom. The zero-order chi connectivity index (χ0) is 10.8. The average molecular weight is 226 g/mol. The molecular formula is C12H16ClNO. The van der Waals surface area contributed by atoms with Crippen LogP contribution in [0, 0.1) is 0 Å². The number of aliphatic hydroxyl groups excluding tert-OH is 1. The maximum absolute atomic E-state index is 9.31. The SMILES string of the molecule is CN(c1cccc(Cl)c1CO)C1CCC1. The molecule has 0 radical (unpaired) electrons. The first-order valence-corrected chi connectivity index (χ1v) is 5.73. The summed E-state index contributed by atoms with van der Waals surface area (Å²) in [6.07, 6.45) is 3.80. The number of aliphatic hydroxyl groups is 1. The molecule has 1 aromatic carbocycles. The van der Waals surface area contributed by atoms with Crippen molar-refractivity contribution >= 4 is 17.3 Å². The standard InChI is InChI=1S/C12H16ClNO/c1-14(9-4-2-5-9)12-7-3-6-11(13)10(12)8-15/h3,6-7,9,15H,2,4-5,8H2,1H3. The highest BCUT2D eigenvalue weighted by molar-refractivity contribution is 6.31. The molecule has 0 atom stereocenters. The molecule has 0 saturated heterocycles. The van der Waals surface area contributed by atoms with Gasteiger partial charge in [-0.3, -0.25) is 0 Å². The van der Waals surface area contributed by atoms with E-state index in [1.54, 1.807) is 0 Å². The molecule has 0 bridgehead atoms. The lowest BCUT2D eigenvalue weighted by molar-refractivity contribution is 0.281. The van der Waals surface area contributed by atoms with Gasteiger partial charge in [-0.25, -0.2) is 0 Å². The largest absolute Gasteiger partial charge is 0.392 e. The summed E-state index contributed by atoms with van der Waals surface area (Å²) < 4.78 is 0.